The van der Waals surface area contributed by atoms with Crippen LogP contribution in [-0.2, 0) is 65.4 Å². The van der Waals surface area contributed by atoms with E-state index in [1.165, 1.54) is 193 Å². The maximum Gasteiger partial charge on any atom is 0.472 e. The SMILES string of the molecule is CCCCCC/C=C\C=C/CCCCCCCC(=O)O[C@H](COC(=O)CCCCCCCCCCCCCCC(C)C)COP(=O)(O)OC[C@@H](O)COP(=O)(O)OC[C@@H](COC(=O)CCCCCCCCCCCCCCC)OC(=O)CCCCCCCCCCCCCCC(C)C. The molecule has 0 radical (unpaired) electrons. The van der Waals surface area contributed by atoms with Gasteiger partial charge in [0.05, 0.1) is 26.4 Å². The number of unbranched alkanes of at least 4 members (excludes halogenated alkanes) is 43. The maximum atomic E-state index is 13.1. The Morgan fingerprint density at radius 3 is 0.837 bits per heavy atom. The van der Waals surface area contributed by atoms with Crippen LogP contribution in [0.5, 0.6) is 0 Å². The van der Waals surface area contributed by atoms with E-state index in [9.17, 15) is 43.2 Å². The Hall–Kier alpha value is -2.46. The van der Waals surface area contributed by atoms with Crippen LogP contribution in [0, 0.1) is 11.8 Å². The highest BCUT2D eigenvalue weighted by Crippen LogP contribution is 2.45. The molecule has 0 bridgehead atoms. The van der Waals surface area contributed by atoms with Crippen molar-refractivity contribution < 1.29 is 80.2 Å². The molecule has 98 heavy (non-hydrogen) atoms. The van der Waals surface area contributed by atoms with Crippen molar-refractivity contribution in [3.8, 4) is 0 Å². The molecule has 0 saturated heterocycles. The molecular formula is C79H150O17P2. The van der Waals surface area contributed by atoms with Gasteiger partial charge in [0.1, 0.15) is 19.3 Å². The first kappa shape index (κ1) is 95.5. The zero-order valence-electron chi connectivity index (χ0n) is 63.6. The first-order valence-corrected chi connectivity index (χ1v) is 43.3. The Bertz CT molecular complexity index is 1980. The summed E-state index contributed by atoms with van der Waals surface area (Å²) in [6.07, 6.45) is 61.7. The second-order valence-electron chi connectivity index (χ2n) is 28.7. The van der Waals surface area contributed by atoms with Gasteiger partial charge in [-0.15, -0.1) is 0 Å². The van der Waals surface area contributed by atoms with Gasteiger partial charge in [0.25, 0.3) is 0 Å². The Morgan fingerprint density at radius 1 is 0.316 bits per heavy atom. The van der Waals surface area contributed by atoms with E-state index in [0.717, 1.165) is 115 Å². The normalized spacial score (nSPS) is 14.1. The lowest BCUT2D eigenvalue weighted by atomic mass is 10.0. The number of ether oxygens (including phenoxy) is 4. The number of aliphatic hydroxyl groups excluding tert-OH is 1. The molecule has 0 aromatic heterocycles. The standard InChI is InChI=1S/C79H150O17P2/c1-7-9-11-13-15-17-19-21-22-24-33-39-45-51-57-63-78(83)95-74(68-90-77(82)62-56-50-44-38-32-27-25-29-35-41-47-53-59-71(3)4)69-93-97(85,86)91-65-73(80)66-92-98(87,88)94-70-75(67-89-76(81)61-55-49-43-37-31-23-20-18-16-14-12-10-8-2)96-79(84)64-58-52-46-40-34-28-26-30-36-42-48-54-60-72(5)6/h17,19,21-22,71-75,80H,7-16,18,20,23-70H2,1-6H3,(H,85,86)(H,87,88)/b19-17-,22-21-/t73-,74-,75-/m1/s1. The number of carbonyl (C=O) groups excluding carboxylic acids is 4. The van der Waals surface area contributed by atoms with Gasteiger partial charge in [0.15, 0.2) is 12.2 Å². The molecule has 0 aromatic rings. The van der Waals surface area contributed by atoms with Crippen molar-refractivity contribution in [2.24, 2.45) is 11.8 Å². The van der Waals surface area contributed by atoms with Gasteiger partial charge in [-0.3, -0.25) is 37.3 Å². The van der Waals surface area contributed by atoms with Crippen LogP contribution < -0.4 is 0 Å². The number of phosphoric ester groups is 2. The first-order valence-electron chi connectivity index (χ1n) is 40.3. The fourth-order valence-electron chi connectivity index (χ4n) is 11.6. The third kappa shape index (κ3) is 71.9. The number of aliphatic hydroxyl groups is 1. The number of hydrogen-bond acceptors (Lipinski definition) is 15. The number of esters is 4. The molecule has 0 aliphatic heterocycles. The van der Waals surface area contributed by atoms with Crippen LogP contribution in [0.4, 0.5) is 0 Å². The highest BCUT2D eigenvalue weighted by Gasteiger charge is 2.30. The summed E-state index contributed by atoms with van der Waals surface area (Å²) in [7, 11) is -9.93. The largest absolute Gasteiger partial charge is 0.472 e. The van der Waals surface area contributed by atoms with Crippen molar-refractivity contribution in [2.75, 3.05) is 39.6 Å². The first-order chi connectivity index (χ1) is 47.4. The second-order valence-corrected chi connectivity index (χ2v) is 31.6. The number of hydrogen-bond donors (Lipinski definition) is 3. The molecule has 5 atom stereocenters. The molecule has 578 valence electrons. The topological polar surface area (TPSA) is 237 Å². The Morgan fingerprint density at radius 2 is 0.551 bits per heavy atom. The zero-order chi connectivity index (χ0) is 72.1. The van der Waals surface area contributed by atoms with Gasteiger partial charge in [0.2, 0.25) is 0 Å². The van der Waals surface area contributed by atoms with Crippen LogP contribution in [0.1, 0.15) is 388 Å². The van der Waals surface area contributed by atoms with Gasteiger partial charge >= 0.3 is 39.5 Å². The summed E-state index contributed by atoms with van der Waals surface area (Å²) in [5.41, 5.74) is 0. The van der Waals surface area contributed by atoms with Crippen LogP contribution in [0.2, 0.25) is 0 Å². The predicted molar refractivity (Wildman–Crippen MR) is 400 cm³/mol. The lowest BCUT2D eigenvalue weighted by Gasteiger charge is -2.21. The molecule has 0 amide bonds. The molecule has 2 unspecified atom stereocenters. The minimum absolute atomic E-state index is 0.0852. The van der Waals surface area contributed by atoms with Crippen molar-refractivity contribution >= 4 is 39.5 Å². The van der Waals surface area contributed by atoms with E-state index in [2.05, 4.69) is 65.8 Å². The van der Waals surface area contributed by atoms with E-state index in [1.54, 1.807) is 0 Å². The Labute approximate surface area is 599 Å². The Balaban J connectivity index is 5.31. The molecule has 0 rings (SSSR count). The molecule has 0 spiro atoms. The average molecular weight is 1430 g/mol. The molecule has 0 aromatic carbocycles. The van der Waals surface area contributed by atoms with Crippen molar-refractivity contribution in [3.05, 3.63) is 24.3 Å². The van der Waals surface area contributed by atoms with Gasteiger partial charge in [-0.1, -0.05) is 336 Å². The van der Waals surface area contributed by atoms with E-state index in [0.29, 0.717) is 25.7 Å². The number of allylic oxidation sites excluding steroid dienone is 4. The van der Waals surface area contributed by atoms with Gasteiger partial charge in [-0.05, 0) is 63.2 Å². The van der Waals surface area contributed by atoms with E-state index < -0.39 is 97.5 Å². The number of phosphoric acid groups is 2. The lowest BCUT2D eigenvalue weighted by Crippen LogP contribution is -2.30. The molecule has 0 saturated carbocycles. The van der Waals surface area contributed by atoms with Gasteiger partial charge in [-0.25, -0.2) is 9.13 Å². The summed E-state index contributed by atoms with van der Waals surface area (Å²) < 4.78 is 68.6. The highest BCUT2D eigenvalue weighted by molar-refractivity contribution is 7.47. The quantitative estimate of drug-likeness (QED) is 0.0169. The van der Waals surface area contributed by atoms with E-state index in [1.807, 2.05) is 0 Å². The van der Waals surface area contributed by atoms with Crippen molar-refractivity contribution in [1.29, 1.82) is 0 Å². The fraction of sp³-hybridized carbons (Fsp3) is 0.899. The fourth-order valence-corrected chi connectivity index (χ4v) is 13.2. The third-order valence-corrected chi connectivity index (χ3v) is 19.7. The molecule has 3 N–H and O–H groups in total. The van der Waals surface area contributed by atoms with Gasteiger partial charge in [0, 0.05) is 25.7 Å². The Kier molecular flexibility index (Phi) is 68.5. The van der Waals surface area contributed by atoms with Crippen LogP contribution in [0.25, 0.3) is 0 Å². The summed E-state index contributed by atoms with van der Waals surface area (Å²) in [5, 5.41) is 10.6. The summed E-state index contributed by atoms with van der Waals surface area (Å²) in [4.78, 5) is 73.0. The smallest absolute Gasteiger partial charge is 0.462 e. The maximum absolute atomic E-state index is 13.1. The zero-order valence-corrected chi connectivity index (χ0v) is 65.4. The third-order valence-electron chi connectivity index (χ3n) is 17.8. The molecule has 19 heteroatoms. The average Bonchev–Trinajstić information content (AvgIpc) is 0.995. The van der Waals surface area contributed by atoms with E-state index in [-0.39, 0.29) is 25.7 Å². The van der Waals surface area contributed by atoms with Gasteiger partial charge < -0.3 is 33.8 Å². The molecule has 17 nitrogen and oxygen atoms in total. The number of carbonyl (C=O) groups is 4. The summed E-state index contributed by atoms with van der Waals surface area (Å²) in [6, 6.07) is 0. The van der Waals surface area contributed by atoms with E-state index >= 15 is 0 Å². The van der Waals surface area contributed by atoms with E-state index in [4.69, 9.17) is 37.0 Å². The predicted octanol–water partition coefficient (Wildman–Crippen LogP) is 23.1. The molecule has 0 fully saturated rings. The summed E-state index contributed by atoms with van der Waals surface area (Å²) in [6.45, 7) is 9.58. The van der Waals surface area contributed by atoms with Gasteiger partial charge in [-0.2, -0.15) is 0 Å². The molecule has 0 aliphatic carbocycles. The minimum Gasteiger partial charge on any atom is -0.462 e. The lowest BCUT2D eigenvalue weighted by molar-refractivity contribution is -0.161. The van der Waals surface area contributed by atoms with Crippen molar-refractivity contribution in [1.82, 2.24) is 0 Å². The number of rotatable bonds is 76. The van der Waals surface area contributed by atoms with Crippen LogP contribution >= 0.6 is 15.6 Å². The highest BCUT2D eigenvalue weighted by atomic mass is 31.2. The monoisotopic (exact) mass is 1430 g/mol. The van der Waals surface area contributed by atoms with Crippen molar-refractivity contribution in [2.45, 2.75) is 407 Å². The van der Waals surface area contributed by atoms with Crippen LogP contribution in [0.15, 0.2) is 24.3 Å². The molecular weight excluding hydrogens is 1280 g/mol. The molecule has 0 heterocycles. The molecule has 0 aliphatic rings. The minimum atomic E-state index is -4.97. The summed E-state index contributed by atoms with van der Waals surface area (Å²) in [5.74, 6) is -0.585. The van der Waals surface area contributed by atoms with Crippen LogP contribution in [0.3, 0.4) is 0 Å². The summed E-state index contributed by atoms with van der Waals surface area (Å²) >= 11 is 0. The van der Waals surface area contributed by atoms with Crippen molar-refractivity contribution in [3.63, 3.8) is 0 Å². The second kappa shape index (κ2) is 70.2. The van der Waals surface area contributed by atoms with Crippen LogP contribution in [-0.4, -0.2) is 96.7 Å².